The molecule has 1 aromatic heterocycles. The molecule has 6 nitrogen and oxygen atoms in total. The zero-order chi connectivity index (χ0) is 15.5. The zero-order valence-electron chi connectivity index (χ0n) is 12.6. The molecule has 118 valence electrons. The Kier molecular flexibility index (Phi) is 9.06. The first-order valence-electron chi connectivity index (χ1n) is 7.37. The lowest BCUT2D eigenvalue weighted by molar-refractivity contribution is 0.180. The first-order valence-corrected chi connectivity index (χ1v) is 8.50. The van der Waals surface area contributed by atoms with E-state index < -0.39 is 8.25 Å². The van der Waals surface area contributed by atoms with Crippen LogP contribution in [0.5, 0.6) is 5.88 Å². The van der Waals surface area contributed by atoms with Crippen LogP contribution in [0.25, 0.3) is 0 Å². The maximum absolute atomic E-state index is 10.4. The van der Waals surface area contributed by atoms with Crippen LogP contribution in [-0.2, 0) is 9.09 Å². The minimum absolute atomic E-state index is 0.107. The van der Waals surface area contributed by atoms with E-state index >= 15 is 0 Å². The molecule has 1 aromatic rings. The van der Waals surface area contributed by atoms with Crippen LogP contribution in [0, 0.1) is 5.92 Å². The SMILES string of the molecule is CCCC.O=[P+](O)OCC1CCC(Oc2ccncn2)C1. The van der Waals surface area contributed by atoms with Crippen molar-refractivity contribution in [3.8, 4) is 5.88 Å². The van der Waals surface area contributed by atoms with Crippen molar-refractivity contribution < 1.29 is 18.7 Å². The predicted octanol–water partition coefficient (Wildman–Crippen LogP) is 3.50. The summed E-state index contributed by atoms with van der Waals surface area (Å²) in [5.41, 5.74) is 0. The molecular weight excluding hydrogens is 291 g/mol. The highest BCUT2D eigenvalue weighted by molar-refractivity contribution is 7.32. The van der Waals surface area contributed by atoms with Gasteiger partial charge in [0.25, 0.3) is 0 Å². The minimum atomic E-state index is -2.49. The lowest BCUT2D eigenvalue weighted by atomic mass is 10.1. The third-order valence-electron chi connectivity index (χ3n) is 3.26. The van der Waals surface area contributed by atoms with E-state index in [9.17, 15) is 4.57 Å². The molecule has 1 N–H and O–H groups in total. The number of aromatic nitrogens is 2. The van der Waals surface area contributed by atoms with Gasteiger partial charge < -0.3 is 4.74 Å². The van der Waals surface area contributed by atoms with Gasteiger partial charge in [-0.05, 0) is 25.2 Å². The first-order chi connectivity index (χ1) is 10.2. The largest absolute Gasteiger partial charge is 0.694 e. The van der Waals surface area contributed by atoms with Gasteiger partial charge in [-0.3, -0.25) is 0 Å². The van der Waals surface area contributed by atoms with Crippen molar-refractivity contribution in [3.05, 3.63) is 18.6 Å². The average molecular weight is 315 g/mol. The predicted molar refractivity (Wildman–Crippen MR) is 80.1 cm³/mol. The molecular formula is C14H24N2O4P+. The lowest BCUT2D eigenvalue weighted by Crippen LogP contribution is -2.14. The van der Waals surface area contributed by atoms with Crippen LogP contribution in [0.1, 0.15) is 46.0 Å². The molecule has 0 radical (unpaired) electrons. The fraction of sp³-hybridized carbons (Fsp3) is 0.714. The quantitative estimate of drug-likeness (QED) is 0.809. The number of rotatable bonds is 6. The van der Waals surface area contributed by atoms with Gasteiger partial charge in [-0.25, -0.2) is 9.97 Å². The lowest BCUT2D eigenvalue weighted by Gasteiger charge is -2.11. The van der Waals surface area contributed by atoms with Gasteiger partial charge in [-0.15, -0.1) is 9.42 Å². The number of hydrogen-bond acceptors (Lipinski definition) is 5. The minimum Gasteiger partial charge on any atom is -0.474 e. The molecule has 7 heteroatoms. The molecule has 1 saturated carbocycles. The van der Waals surface area contributed by atoms with Crippen LogP contribution in [0.2, 0.25) is 0 Å². The topological polar surface area (TPSA) is 81.5 Å². The van der Waals surface area contributed by atoms with Gasteiger partial charge >= 0.3 is 8.25 Å². The summed E-state index contributed by atoms with van der Waals surface area (Å²) in [6, 6.07) is 1.72. The monoisotopic (exact) mass is 315 g/mol. The van der Waals surface area contributed by atoms with Crippen LogP contribution in [-0.4, -0.2) is 27.6 Å². The van der Waals surface area contributed by atoms with Gasteiger partial charge in [0.2, 0.25) is 5.88 Å². The van der Waals surface area contributed by atoms with E-state index in [1.807, 2.05) is 0 Å². The van der Waals surface area contributed by atoms with E-state index in [4.69, 9.17) is 14.2 Å². The Balaban J connectivity index is 0.000000491. The van der Waals surface area contributed by atoms with Crippen molar-refractivity contribution in [2.24, 2.45) is 5.92 Å². The molecule has 3 atom stereocenters. The molecule has 0 saturated heterocycles. The van der Waals surface area contributed by atoms with Crippen LogP contribution < -0.4 is 4.74 Å². The fourth-order valence-electron chi connectivity index (χ4n) is 1.98. The van der Waals surface area contributed by atoms with E-state index in [-0.39, 0.29) is 12.0 Å². The second-order valence-corrected chi connectivity index (χ2v) is 5.73. The van der Waals surface area contributed by atoms with Gasteiger partial charge in [0, 0.05) is 16.8 Å². The summed E-state index contributed by atoms with van der Waals surface area (Å²) in [6.07, 6.45) is 8.51. The molecule has 21 heavy (non-hydrogen) atoms. The maximum Gasteiger partial charge on any atom is 0.694 e. The van der Waals surface area contributed by atoms with E-state index in [1.165, 1.54) is 19.2 Å². The van der Waals surface area contributed by atoms with E-state index in [0.717, 1.165) is 19.3 Å². The third kappa shape index (κ3) is 8.05. The molecule has 1 heterocycles. The number of hydrogen-bond donors (Lipinski definition) is 1. The molecule has 1 fully saturated rings. The second-order valence-electron chi connectivity index (χ2n) is 5.00. The molecule has 0 bridgehead atoms. The normalized spacial score (nSPS) is 21.4. The van der Waals surface area contributed by atoms with Crippen LogP contribution in [0.3, 0.4) is 0 Å². The van der Waals surface area contributed by atoms with Crippen molar-refractivity contribution in [3.63, 3.8) is 0 Å². The van der Waals surface area contributed by atoms with Crippen molar-refractivity contribution in [1.82, 2.24) is 9.97 Å². The molecule has 0 amide bonds. The summed E-state index contributed by atoms with van der Waals surface area (Å²) >= 11 is 0. The van der Waals surface area contributed by atoms with Crippen molar-refractivity contribution >= 4 is 8.25 Å². The zero-order valence-corrected chi connectivity index (χ0v) is 13.5. The van der Waals surface area contributed by atoms with E-state index in [1.54, 1.807) is 12.3 Å². The summed E-state index contributed by atoms with van der Waals surface area (Å²) in [5, 5.41) is 0. The summed E-state index contributed by atoms with van der Waals surface area (Å²) in [7, 11) is -2.49. The Morgan fingerprint density at radius 2 is 2.14 bits per heavy atom. The summed E-state index contributed by atoms with van der Waals surface area (Å²) < 4.78 is 20.8. The smallest absolute Gasteiger partial charge is 0.474 e. The van der Waals surface area contributed by atoms with Crippen LogP contribution in [0.15, 0.2) is 18.6 Å². The van der Waals surface area contributed by atoms with Gasteiger partial charge in [0.05, 0.1) is 0 Å². The number of ether oxygens (including phenoxy) is 1. The average Bonchev–Trinajstić information content (AvgIpc) is 2.94. The molecule has 0 spiro atoms. The van der Waals surface area contributed by atoms with Crippen LogP contribution >= 0.6 is 8.25 Å². The summed E-state index contributed by atoms with van der Waals surface area (Å²) in [5.74, 6) is 0.854. The molecule has 3 unspecified atom stereocenters. The van der Waals surface area contributed by atoms with Crippen LogP contribution in [0.4, 0.5) is 0 Å². The Bertz CT molecular complexity index is 403. The molecule has 1 aliphatic carbocycles. The Morgan fingerprint density at radius 1 is 1.38 bits per heavy atom. The van der Waals surface area contributed by atoms with E-state index in [2.05, 4.69) is 23.8 Å². The van der Waals surface area contributed by atoms with Crippen molar-refractivity contribution in [2.45, 2.75) is 52.1 Å². The first kappa shape index (κ1) is 18.0. The van der Waals surface area contributed by atoms with Crippen molar-refractivity contribution in [1.29, 1.82) is 0 Å². The van der Waals surface area contributed by atoms with Crippen molar-refractivity contribution in [2.75, 3.05) is 6.61 Å². The van der Waals surface area contributed by atoms with Gasteiger partial charge in [-0.2, -0.15) is 0 Å². The van der Waals surface area contributed by atoms with Gasteiger partial charge in [-0.1, -0.05) is 26.7 Å². The third-order valence-corrected chi connectivity index (χ3v) is 3.63. The van der Waals surface area contributed by atoms with E-state index in [0.29, 0.717) is 12.5 Å². The maximum atomic E-state index is 10.4. The standard InChI is InChI=1S/C10H13N2O4P.C4H10/c13-17(14)15-6-8-1-2-9(5-8)16-10-3-4-11-7-12-10;1-3-4-2/h3-4,7-9H,1-2,5-6H2;3-4H2,1-2H3/p+1. The van der Waals surface area contributed by atoms with Gasteiger partial charge in [0.1, 0.15) is 19.0 Å². The summed E-state index contributed by atoms with van der Waals surface area (Å²) in [4.78, 5) is 16.4. The van der Waals surface area contributed by atoms with Gasteiger partial charge in [0.15, 0.2) is 0 Å². The fourth-order valence-corrected chi connectivity index (χ4v) is 2.31. The molecule has 2 rings (SSSR count). The Hall–Kier alpha value is -1.10. The highest BCUT2D eigenvalue weighted by atomic mass is 31.1. The second kappa shape index (κ2) is 10.6. The molecule has 0 aromatic carbocycles. The Morgan fingerprint density at radius 3 is 2.71 bits per heavy atom. The highest BCUT2D eigenvalue weighted by Crippen LogP contribution is 2.30. The number of nitrogens with zero attached hydrogens (tertiary/aromatic N) is 2. The number of unbranched alkanes of at least 4 members (excludes halogenated alkanes) is 1. The highest BCUT2D eigenvalue weighted by Gasteiger charge is 2.29. The molecule has 0 aliphatic heterocycles. The summed E-state index contributed by atoms with van der Waals surface area (Å²) in [6.45, 7) is 4.68. The molecule has 1 aliphatic rings. The Labute approximate surface area is 126 Å².